The zero-order valence-corrected chi connectivity index (χ0v) is 12.8. The Labute approximate surface area is 114 Å². The van der Waals surface area contributed by atoms with Gasteiger partial charge in [-0.05, 0) is 53.2 Å². The van der Waals surface area contributed by atoms with Gasteiger partial charge in [-0.1, -0.05) is 19.8 Å². The molecule has 1 rings (SSSR count). The second-order valence-corrected chi connectivity index (χ2v) is 6.01. The average molecular weight is 250 g/mol. The van der Waals surface area contributed by atoms with Crippen LogP contribution in [0.4, 0.5) is 0 Å². The fourth-order valence-corrected chi connectivity index (χ4v) is 3.62. The molecular weight excluding hydrogens is 220 g/mol. The highest BCUT2D eigenvalue weighted by Gasteiger charge is 2.42. The molecule has 1 saturated carbocycles. The second-order valence-electron chi connectivity index (χ2n) is 6.01. The van der Waals surface area contributed by atoms with Gasteiger partial charge >= 0.3 is 0 Å². The molecule has 0 heterocycles. The number of nitrogens with one attached hydrogen (secondary N) is 1. The van der Waals surface area contributed by atoms with E-state index in [0.717, 1.165) is 18.8 Å². The van der Waals surface area contributed by atoms with Gasteiger partial charge in [0.1, 0.15) is 0 Å². The van der Waals surface area contributed by atoms with Gasteiger partial charge in [0.05, 0.1) is 0 Å². The smallest absolute Gasteiger partial charge is 0.0359 e. The zero-order chi connectivity index (χ0) is 13.6. The Hall–Kier alpha value is -0.520. The molecule has 0 bridgehead atoms. The van der Waals surface area contributed by atoms with E-state index in [9.17, 15) is 0 Å². The van der Waals surface area contributed by atoms with Crippen molar-refractivity contribution in [3.8, 4) is 11.8 Å². The van der Waals surface area contributed by atoms with Crippen LogP contribution in [0, 0.1) is 17.8 Å². The third-order valence-electron chi connectivity index (χ3n) is 4.63. The normalized spacial score (nSPS) is 29.8. The molecule has 0 amide bonds. The molecule has 0 aromatic heterocycles. The number of likely N-dealkylation sites (N-methyl/N-ethyl adjacent to an activating group) is 2. The lowest BCUT2D eigenvalue weighted by Gasteiger charge is -2.50. The Balaban J connectivity index is 2.81. The van der Waals surface area contributed by atoms with Crippen molar-refractivity contribution in [2.75, 3.05) is 21.1 Å². The maximum Gasteiger partial charge on any atom is 0.0359 e. The van der Waals surface area contributed by atoms with Crippen molar-refractivity contribution in [2.45, 2.75) is 64.0 Å². The summed E-state index contributed by atoms with van der Waals surface area (Å²) in [4.78, 5) is 2.46. The van der Waals surface area contributed by atoms with Crippen LogP contribution in [0.3, 0.4) is 0 Å². The molecule has 3 atom stereocenters. The molecule has 0 aliphatic heterocycles. The van der Waals surface area contributed by atoms with Gasteiger partial charge in [-0.25, -0.2) is 0 Å². The number of nitrogens with zero attached hydrogens (tertiary/aromatic N) is 1. The molecule has 1 fully saturated rings. The van der Waals surface area contributed by atoms with E-state index in [0.29, 0.717) is 11.6 Å². The van der Waals surface area contributed by atoms with E-state index in [2.05, 4.69) is 50.1 Å². The second kappa shape index (κ2) is 7.16. The molecular formula is C16H30N2. The number of hydrogen-bond donors (Lipinski definition) is 1. The highest BCUT2D eigenvalue weighted by Crippen LogP contribution is 2.39. The van der Waals surface area contributed by atoms with Crippen LogP contribution in [0.15, 0.2) is 0 Å². The van der Waals surface area contributed by atoms with Crippen molar-refractivity contribution >= 4 is 0 Å². The van der Waals surface area contributed by atoms with Crippen LogP contribution in [0.1, 0.15) is 52.4 Å². The Kier molecular flexibility index (Phi) is 6.18. The Morgan fingerprint density at radius 3 is 2.67 bits per heavy atom. The lowest BCUT2D eigenvalue weighted by Crippen LogP contribution is -2.60. The van der Waals surface area contributed by atoms with E-state index in [1.165, 1.54) is 25.7 Å². The average Bonchev–Trinajstić information content (AvgIpc) is 2.34. The summed E-state index contributed by atoms with van der Waals surface area (Å²) in [5.41, 5.74) is 0.321. The maximum absolute atomic E-state index is 3.56. The molecule has 3 unspecified atom stereocenters. The minimum absolute atomic E-state index is 0.321. The van der Waals surface area contributed by atoms with Gasteiger partial charge < -0.3 is 10.2 Å². The van der Waals surface area contributed by atoms with Crippen LogP contribution in [-0.2, 0) is 0 Å². The SMILES string of the molecule is CC#CCCC(NC)C1(N(C)C)CCCC(C)C1. The Morgan fingerprint density at radius 2 is 2.17 bits per heavy atom. The topological polar surface area (TPSA) is 15.3 Å². The molecule has 0 aromatic rings. The van der Waals surface area contributed by atoms with Gasteiger partial charge in [0.15, 0.2) is 0 Å². The third-order valence-corrected chi connectivity index (χ3v) is 4.63. The zero-order valence-electron chi connectivity index (χ0n) is 12.8. The van der Waals surface area contributed by atoms with Gasteiger partial charge in [-0.15, -0.1) is 11.8 Å². The molecule has 1 aliphatic carbocycles. The highest BCUT2D eigenvalue weighted by molar-refractivity contribution is 5.04. The van der Waals surface area contributed by atoms with Crippen LogP contribution in [0.2, 0.25) is 0 Å². The maximum atomic E-state index is 3.56. The standard InChI is InChI=1S/C16H30N2/c1-6-7-8-11-15(17-3)16(18(4)5)12-9-10-14(2)13-16/h14-15,17H,8-13H2,1-5H3. The monoisotopic (exact) mass is 250 g/mol. The summed E-state index contributed by atoms with van der Waals surface area (Å²) >= 11 is 0. The Bertz CT molecular complexity index is 300. The largest absolute Gasteiger partial charge is 0.315 e. The summed E-state index contributed by atoms with van der Waals surface area (Å²) in [6, 6.07) is 0.552. The summed E-state index contributed by atoms with van der Waals surface area (Å²) in [6.07, 6.45) is 7.53. The van der Waals surface area contributed by atoms with Crippen molar-refractivity contribution in [3.05, 3.63) is 0 Å². The quantitative estimate of drug-likeness (QED) is 0.755. The molecule has 0 aromatic carbocycles. The van der Waals surface area contributed by atoms with E-state index in [1.807, 2.05) is 6.92 Å². The van der Waals surface area contributed by atoms with Gasteiger partial charge in [-0.3, -0.25) is 0 Å². The summed E-state index contributed by atoms with van der Waals surface area (Å²) in [7, 11) is 6.59. The van der Waals surface area contributed by atoms with E-state index < -0.39 is 0 Å². The van der Waals surface area contributed by atoms with Crippen molar-refractivity contribution in [1.29, 1.82) is 0 Å². The van der Waals surface area contributed by atoms with Crippen LogP contribution in [0.25, 0.3) is 0 Å². The van der Waals surface area contributed by atoms with Gasteiger partial charge in [-0.2, -0.15) is 0 Å². The molecule has 18 heavy (non-hydrogen) atoms. The van der Waals surface area contributed by atoms with Gasteiger partial charge in [0.2, 0.25) is 0 Å². The van der Waals surface area contributed by atoms with E-state index >= 15 is 0 Å². The van der Waals surface area contributed by atoms with Crippen molar-refractivity contribution in [2.24, 2.45) is 5.92 Å². The predicted molar refractivity (Wildman–Crippen MR) is 79.6 cm³/mol. The van der Waals surface area contributed by atoms with E-state index in [4.69, 9.17) is 0 Å². The van der Waals surface area contributed by atoms with Crippen molar-refractivity contribution in [3.63, 3.8) is 0 Å². The van der Waals surface area contributed by atoms with Gasteiger partial charge in [0.25, 0.3) is 0 Å². The van der Waals surface area contributed by atoms with Crippen molar-refractivity contribution in [1.82, 2.24) is 10.2 Å². The van der Waals surface area contributed by atoms with Gasteiger partial charge in [0, 0.05) is 18.0 Å². The molecule has 1 N–H and O–H groups in total. The van der Waals surface area contributed by atoms with E-state index in [1.54, 1.807) is 0 Å². The summed E-state index contributed by atoms with van der Waals surface area (Å²) in [5, 5.41) is 3.56. The minimum Gasteiger partial charge on any atom is -0.315 e. The minimum atomic E-state index is 0.321. The molecule has 1 aliphatic rings. The summed E-state index contributed by atoms with van der Waals surface area (Å²) in [5.74, 6) is 7.06. The van der Waals surface area contributed by atoms with Crippen LogP contribution in [0.5, 0.6) is 0 Å². The summed E-state index contributed by atoms with van der Waals surface area (Å²) < 4.78 is 0. The molecule has 0 radical (unpaired) electrons. The molecule has 2 heteroatoms. The van der Waals surface area contributed by atoms with E-state index in [-0.39, 0.29) is 0 Å². The van der Waals surface area contributed by atoms with Crippen LogP contribution in [-0.4, -0.2) is 37.6 Å². The lowest BCUT2D eigenvalue weighted by atomic mass is 9.70. The van der Waals surface area contributed by atoms with Crippen LogP contribution < -0.4 is 5.32 Å². The first kappa shape index (κ1) is 15.5. The molecule has 0 saturated heterocycles. The number of rotatable bonds is 5. The molecule has 104 valence electrons. The fraction of sp³-hybridized carbons (Fsp3) is 0.875. The third kappa shape index (κ3) is 3.49. The predicted octanol–water partition coefficient (Wildman–Crippen LogP) is 2.89. The summed E-state index contributed by atoms with van der Waals surface area (Å²) in [6.45, 7) is 4.33. The first-order valence-electron chi connectivity index (χ1n) is 7.31. The Morgan fingerprint density at radius 1 is 1.44 bits per heavy atom. The van der Waals surface area contributed by atoms with Crippen molar-refractivity contribution < 1.29 is 0 Å². The molecule has 2 nitrogen and oxygen atoms in total. The van der Waals surface area contributed by atoms with Crippen LogP contribution >= 0.6 is 0 Å². The fourth-order valence-electron chi connectivity index (χ4n) is 3.62. The lowest BCUT2D eigenvalue weighted by molar-refractivity contribution is 0.0374. The number of hydrogen-bond acceptors (Lipinski definition) is 2. The highest BCUT2D eigenvalue weighted by atomic mass is 15.2. The molecule has 0 spiro atoms. The first-order valence-corrected chi connectivity index (χ1v) is 7.31. The first-order chi connectivity index (χ1) is 8.56.